The van der Waals surface area contributed by atoms with Crippen molar-refractivity contribution in [2.45, 2.75) is 38.0 Å². The third-order valence-electron chi connectivity index (χ3n) is 2.59. The maximum atomic E-state index is 13.2. The standard InChI is InChI=1S/C13H19BrFNS/c1-3-9(2)17-8-13(16)6-10-4-11(14)7-12(15)5-10/h4-5,7,9,13H,3,6,8,16H2,1-2H3. The fourth-order valence-electron chi connectivity index (χ4n) is 1.50. The fourth-order valence-corrected chi connectivity index (χ4v) is 2.94. The minimum absolute atomic E-state index is 0.0858. The summed E-state index contributed by atoms with van der Waals surface area (Å²) < 4.78 is 13.9. The Morgan fingerprint density at radius 2 is 2.12 bits per heavy atom. The largest absolute Gasteiger partial charge is 0.327 e. The fraction of sp³-hybridized carbons (Fsp3) is 0.538. The van der Waals surface area contributed by atoms with Gasteiger partial charge in [0.15, 0.2) is 0 Å². The van der Waals surface area contributed by atoms with E-state index in [1.165, 1.54) is 6.07 Å². The summed E-state index contributed by atoms with van der Waals surface area (Å²) in [5.74, 6) is 0.708. The Morgan fingerprint density at radius 1 is 1.41 bits per heavy atom. The van der Waals surface area contributed by atoms with Gasteiger partial charge in [0, 0.05) is 21.5 Å². The van der Waals surface area contributed by atoms with Crippen molar-refractivity contribution in [2.24, 2.45) is 5.73 Å². The van der Waals surface area contributed by atoms with Crippen LogP contribution in [0.5, 0.6) is 0 Å². The summed E-state index contributed by atoms with van der Waals surface area (Å²) in [6.45, 7) is 4.38. The summed E-state index contributed by atoms with van der Waals surface area (Å²) >= 11 is 5.17. The molecule has 1 aromatic carbocycles. The smallest absolute Gasteiger partial charge is 0.124 e. The second-order valence-corrected chi connectivity index (χ2v) is 6.68. The van der Waals surface area contributed by atoms with E-state index in [1.54, 1.807) is 6.07 Å². The Labute approximate surface area is 115 Å². The molecule has 1 nitrogen and oxygen atoms in total. The maximum absolute atomic E-state index is 13.2. The highest BCUT2D eigenvalue weighted by Gasteiger charge is 2.08. The number of hydrogen-bond acceptors (Lipinski definition) is 2. The van der Waals surface area contributed by atoms with Crippen molar-refractivity contribution in [1.29, 1.82) is 0 Å². The van der Waals surface area contributed by atoms with Gasteiger partial charge in [-0.25, -0.2) is 4.39 Å². The second-order valence-electron chi connectivity index (χ2n) is 4.29. The molecule has 1 aromatic rings. The second kappa shape index (κ2) is 7.39. The molecule has 0 aliphatic heterocycles. The zero-order valence-electron chi connectivity index (χ0n) is 10.2. The van der Waals surface area contributed by atoms with Gasteiger partial charge >= 0.3 is 0 Å². The van der Waals surface area contributed by atoms with Gasteiger partial charge in [0.2, 0.25) is 0 Å². The predicted octanol–water partition coefficient (Wildman–Crippen LogP) is 3.99. The van der Waals surface area contributed by atoms with E-state index in [9.17, 15) is 4.39 Å². The molecule has 2 unspecified atom stereocenters. The highest BCUT2D eigenvalue weighted by Crippen LogP contribution is 2.18. The monoisotopic (exact) mass is 319 g/mol. The normalized spacial score (nSPS) is 14.6. The third kappa shape index (κ3) is 5.89. The van der Waals surface area contributed by atoms with E-state index in [0.717, 1.165) is 28.6 Å². The lowest BCUT2D eigenvalue weighted by atomic mass is 10.1. The van der Waals surface area contributed by atoms with Crippen LogP contribution in [-0.4, -0.2) is 17.0 Å². The van der Waals surface area contributed by atoms with Gasteiger partial charge in [0.05, 0.1) is 0 Å². The molecule has 0 bridgehead atoms. The highest BCUT2D eigenvalue weighted by molar-refractivity contribution is 9.10. The highest BCUT2D eigenvalue weighted by atomic mass is 79.9. The van der Waals surface area contributed by atoms with Gasteiger partial charge in [-0.05, 0) is 36.6 Å². The number of rotatable bonds is 6. The Bertz CT molecular complexity index is 339. The summed E-state index contributed by atoms with van der Waals surface area (Å²) in [4.78, 5) is 0. The van der Waals surface area contributed by atoms with Crippen molar-refractivity contribution in [2.75, 3.05) is 5.75 Å². The van der Waals surface area contributed by atoms with Crippen molar-refractivity contribution in [3.63, 3.8) is 0 Å². The van der Waals surface area contributed by atoms with Crippen LogP contribution in [-0.2, 0) is 6.42 Å². The van der Waals surface area contributed by atoms with E-state index >= 15 is 0 Å². The lowest BCUT2D eigenvalue weighted by Crippen LogP contribution is -2.26. The molecule has 2 atom stereocenters. The Kier molecular flexibility index (Phi) is 6.52. The molecule has 17 heavy (non-hydrogen) atoms. The van der Waals surface area contributed by atoms with Crippen LogP contribution in [0.25, 0.3) is 0 Å². The van der Waals surface area contributed by atoms with Crippen LogP contribution in [0.4, 0.5) is 4.39 Å². The van der Waals surface area contributed by atoms with Crippen molar-refractivity contribution in [3.05, 3.63) is 34.1 Å². The molecule has 0 aromatic heterocycles. The molecule has 0 spiro atoms. The van der Waals surface area contributed by atoms with Crippen LogP contribution in [0, 0.1) is 5.82 Å². The first kappa shape index (κ1) is 15.0. The van der Waals surface area contributed by atoms with E-state index in [0.29, 0.717) is 5.25 Å². The van der Waals surface area contributed by atoms with Crippen LogP contribution in [0.2, 0.25) is 0 Å². The van der Waals surface area contributed by atoms with Gasteiger partial charge in [-0.2, -0.15) is 11.8 Å². The molecule has 0 saturated heterocycles. The minimum atomic E-state index is -0.212. The first-order chi connectivity index (χ1) is 8.01. The average Bonchev–Trinajstić information content (AvgIpc) is 2.24. The summed E-state index contributed by atoms with van der Waals surface area (Å²) in [7, 11) is 0. The van der Waals surface area contributed by atoms with Crippen molar-refractivity contribution in [3.8, 4) is 0 Å². The van der Waals surface area contributed by atoms with Crippen LogP contribution < -0.4 is 5.73 Å². The minimum Gasteiger partial charge on any atom is -0.327 e. The first-order valence-corrected chi connectivity index (χ1v) is 7.67. The Hall–Kier alpha value is -0.0600. The quantitative estimate of drug-likeness (QED) is 0.858. The third-order valence-corrected chi connectivity index (χ3v) is 4.57. The van der Waals surface area contributed by atoms with Crippen LogP contribution in [0.3, 0.4) is 0 Å². The summed E-state index contributed by atoms with van der Waals surface area (Å²) in [5, 5.41) is 0.639. The Morgan fingerprint density at radius 3 is 2.71 bits per heavy atom. The van der Waals surface area contributed by atoms with E-state index in [4.69, 9.17) is 5.73 Å². The Balaban J connectivity index is 2.47. The molecule has 4 heteroatoms. The summed E-state index contributed by atoms with van der Waals surface area (Å²) in [5.41, 5.74) is 7.00. The lowest BCUT2D eigenvalue weighted by molar-refractivity contribution is 0.622. The molecule has 0 aliphatic rings. The molecule has 1 rings (SSSR count). The van der Waals surface area contributed by atoms with Crippen LogP contribution >= 0.6 is 27.7 Å². The van der Waals surface area contributed by atoms with Crippen molar-refractivity contribution in [1.82, 2.24) is 0 Å². The van der Waals surface area contributed by atoms with Gasteiger partial charge in [-0.3, -0.25) is 0 Å². The van der Waals surface area contributed by atoms with Gasteiger partial charge in [0.25, 0.3) is 0 Å². The lowest BCUT2D eigenvalue weighted by Gasteiger charge is -2.14. The van der Waals surface area contributed by atoms with Gasteiger partial charge in [0.1, 0.15) is 5.82 Å². The predicted molar refractivity (Wildman–Crippen MR) is 78.0 cm³/mol. The summed E-state index contributed by atoms with van der Waals surface area (Å²) in [6.07, 6.45) is 1.88. The van der Waals surface area contributed by atoms with Crippen LogP contribution in [0.1, 0.15) is 25.8 Å². The molecule has 96 valence electrons. The molecular formula is C13H19BrFNS. The van der Waals surface area contributed by atoms with E-state index in [2.05, 4.69) is 29.8 Å². The summed E-state index contributed by atoms with van der Waals surface area (Å²) in [6, 6.07) is 5.03. The molecule has 0 aliphatic carbocycles. The molecule has 2 N–H and O–H groups in total. The molecule has 0 saturated carbocycles. The van der Waals surface area contributed by atoms with Gasteiger partial charge < -0.3 is 5.73 Å². The first-order valence-electron chi connectivity index (χ1n) is 5.83. The molecule has 0 amide bonds. The zero-order valence-corrected chi connectivity index (χ0v) is 12.7. The number of hydrogen-bond donors (Lipinski definition) is 1. The van der Waals surface area contributed by atoms with E-state index < -0.39 is 0 Å². The SMILES string of the molecule is CCC(C)SCC(N)Cc1cc(F)cc(Br)c1. The number of halogens is 2. The number of nitrogens with two attached hydrogens (primary N) is 1. The van der Waals surface area contributed by atoms with Gasteiger partial charge in [-0.15, -0.1) is 0 Å². The average molecular weight is 320 g/mol. The molecule has 0 heterocycles. The maximum Gasteiger partial charge on any atom is 0.124 e. The topological polar surface area (TPSA) is 26.0 Å². The van der Waals surface area contributed by atoms with Crippen molar-refractivity contribution < 1.29 is 4.39 Å². The molecule has 0 radical (unpaired) electrons. The number of thioether (sulfide) groups is 1. The molecule has 0 fully saturated rings. The van der Waals surface area contributed by atoms with Crippen LogP contribution in [0.15, 0.2) is 22.7 Å². The molecular weight excluding hydrogens is 301 g/mol. The van der Waals surface area contributed by atoms with E-state index in [-0.39, 0.29) is 11.9 Å². The van der Waals surface area contributed by atoms with Crippen molar-refractivity contribution >= 4 is 27.7 Å². The van der Waals surface area contributed by atoms with Gasteiger partial charge in [-0.1, -0.05) is 29.8 Å². The number of benzene rings is 1. The van der Waals surface area contributed by atoms with E-state index in [1.807, 2.05) is 17.8 Å². The zero-order chi connectivity index (χ0) is 12.8.